The summed E-state index contributed by atoms with van der Waals surface area (Å²) >= 11 is 0. The fraction of sp³-hybridized carbons (Fsp3) is 0. The van der Waals surface area contributed by atoms with E-state index in [1.54, 1.807) is 0 Å². The van der Waals surface area contributed by atoms with Crippen molar-refractivity contribution < 1.29 is 0 Å². The third kappa shape index (κ3) is 1.99. The van der Waals surface area contributed by atoms with Gasteiger partial charge in [0.2, 0.25) is 0 Å². The van der Waals surface area contributed by atoms with Crippen molar-refractivity contribution in [2.45, 2.75) is 0 Å². The Morgan fingerprint density at radius 3 is 2.62 bits per heavy atom. The molecule has 4 rings (SSSR count). The Kier molecular flexibility index (Phi) is 2.57. The standard InChI is InChI=1S/C18H13N3/c19-15-6-3-5-13-10-14(11-20-18(13)15)17-9-8-12-4-1-2-7-16(12)21-17/h1-11H,19H2. The van der Waals surface area contributed by atoms with Gasteiger partial charge in [0.1, 0.15) is 0 Å². The maximum atomic E-state index is 5.94. The molecule has 2 heterocycles. The van der Waals surface area contributed by atoms with E-state index in [0.717, 1.165) is 33.1 Å². The van der Waals surface area contributed by atoms with Crippen molar-refractivity contribution in [3.63, 3.8) is 0 Å². The minimum absolute atomic E-state index is 0.700. The van der Waals surface area contributed by atoms with Crippen LogP contribution in [-0.2, 0) is 0 Å². The van der Waals surface area contributed by atoms with E-state index < -0.39 is 0 Å². The molecule has 2 aromatic carbocycles. The van der Waals surface area contributed by atoms with Crippen LogP contribution in [0.3, 0.4) is 0 Å². The van der Waals surface area contributed by atoms with E-state index >= 15 is 0 Å². The summed E-state index contributed by atoms with van der Waals surface area (Å²) in [5, 5.41) is 2.17. The van der Waals surface area contributed by atoms with Crippen LogP contribution >= 0.6 is 0 Å². The van der Waals surface area contributed by atoms with Gasteiger partial charge in [0.15, 0.2) is 0 Å². The average Bonchev–Trinajstić information content (AvgIpc) is 2.54. The average molecular weight is 271 g/mol. The van der Waals surface area contributed by atoms with E-state index in [4.69, 9.17) is 10.7 Å². The first-order valence-corrected chi connectivity index (χ1v) is 6.82. The highest BCUT2D eigenvalue weighted by Gasteiger charge is 2.05. The number of hydrogen-bond donors (Lipinski definition) is 1. The lowest BCUT2D eigenvalue weighted by molar-refractivity contribution is 1.35. The summed E-state index contributed by atoms with van der Waals surface area (Å²) in [7, 11) is 0. The molecule has 0 saturated heterocycles. The molecule has 0 aliphatic rings. The van der Waals surface area contributed by atoms with Crippen molar-refractivity contribution in [2.75, 3.05) is 5.73 Å². The highest BCUT2D eigenvalue weighted by atomic mass is 14.7. The maximum absolute atomic E-state index is 5.94. The van der Waals surface area contributed by atoms with E-state index in [-0.39, 0.29) is 0 Å². The van der Waals surface area contributed by atoms with Gasteiger partial charge in [-0.25, -0.2) is 4.98 Å². The quantitative estimate of drug-likeness (QED) is 0.532. The minimum Gasteiger partial charge on any atom is -0.397 e. The van der Waals surface area contributed by atoms with Gasteiger partial charge in [0, 0.05) is 22.5 Å². The Labute approximate surface area is 122 Å². The van der Waals surface area contributed by atoms with E-state index in [0.29, 0.717) is 5.69 Å². The van der Waals surface area contributed by atoms with Gasteiger partial charge in [-0.1, -0.05) is 36.4 Å². The van der Waals surface area contributed by atoms with Gasteiger partial charge in [-0.3, -0.25) is 4.98 Å². The highest BCUT2D eigenvalue weighted by molar-refractivity contribution is 5.92. The molecule has 0 fully saturated rings. The van der Waals surface area contributed by atoms with Crippen LogP contribution in [0.1, 0.15) is 0 Å². The Hall–Kier alpha value is -2.94. The lowest BCUT2D eigenvalue weighted by atomic mass is 10.1. The summed E-state index contributed by atoms with van der Waals surface area (Å²) in [6, 6.07) is 20.1. The number of pyridine rings is 2. The SMILES string of the molecule is Nc1cccc2cc(-c3ccc4ccccc4n3)cnc12. The molecule has 0 aliphatic carbocycles. The van der Waals surface area contributed by atoms with E-state index in [2.05, 4.69) is 23.2 Å². The number of nitrogen functional groups attached to an aromatic ring is 1. The van der Waals surface area contributed by atoms with Gasteiger partial charge in [-0.05, 0) is 24.3 Å². The molecular formula is C18H13N3. The molecule has 0 bridgehead atoms. The smallest absolute Gasteiger partial charge is 0.0931 e. The Bertz CT molecular complexity index is 961. The van der Waals surface area contributed by atoms with Crippen LogP contribution in [0.25, 0.3) is 33.1 Å². The molecule has 3 nitrogen and oxygen atoms in total. The Balaban J connectivity index is 1.91. The number of aromatic nitrogens is 2. The molecule has 0 unspecified atom stereocenters. The minimum atomic E-state index is 0.700. The summed E-state index contributed by atoms with van der Waals surface area (Å²) in [6.45, 7) is 0. The van der Waals surface area contributed by atoms with Crippen molar-refractivity contribution in [2.24, 2.45) is 0 Å². The second-order valence-corrected chi connectivity index (χ2v) is 5.03. The van der Waals surface area contributed by atoms with Crippen molar-refractivity contribution in [3.8, 4) is 11.3 Å². The van der Waals surface area contributed by atoms with Gasteiger partial charge in [-0.2, -0.15) is 0 Å². The molecule has 100 valence electrons. The third-order valence-corrected chi connectivity index (χ3v) is 3.64. The summed E-state index contributed by atoms with van der Waals surface area (Å²) in [5.41, 5.74) is 10.4. The van der Waals surface area contributed by atoms with Crippen molar-refractivity contribution in [1.29, 1.82) is 0 Å². The first kappa shape index (κ1) is 11.9. The number of rotatable bonds is 1. The fourth-order valence-electron chi connectivity index (χ4n) is 2.55. The van der Waals surface area contributed by atoms with Gasteiger partial charge < -0.3 is 5.73 Å². The number of benzene rings is 2. The Morgan fingerprint density at radius 2 is 1.67 bits per heavy atom. The van der Waals surface area contributed by atoms with Crippen LogP contribution in [0.5, 0.6) is 0 Å². The lowest BCUT2D eigenvalue weighted by Gasteiger charge is -2.06. The zero-order valence-electron chi connectivity index (χ0n) is 11.3. The molecule has 4 aromatic rings. The fourth-order valence-corrected chi connectivity index (χ4v) is 2.55. The van der Waals surface area contributed by atoms with Crippen LogP contribution in [-0.4, -0.2) is 9.97 Å². The van der Waals surface area contributed by atoms with Crippen LogP contribution in [0.4, 0.5) is 5.69 Å². The molecule has 0 amide bonds. The summed E-state index contributed by atoms with van der Waals surface area (Å²) < 4.78 is 0. The monoisotopic (exact) mass is 271 g/mol. The molecule has 0 atom stereocenters. The molecule has 0 aliphatic heterocycles. The van der Waals surface area contributed by atoms with Gasteiger partial charge >= 0.3 is 0 Å². The molecule has 2 aromatic heterocycles. The zero-order chi connectivity index (χ0) is 14.2. The van der Waals surface area contributed by atoms with Crippen molar-refractivity contribution in [3.05, 3.63) is 66.9 Å². The van der Waals surface area contributed by atoms with Crippen LogP contribution in [0.2, 0.25) is 0 Å². The first-order chi connectivity index (χ1) is 10.3. The Morgan fingerprint density at radius 1 is 0.810 bits per heavy atom. The van der Waals surface area contributed by atoms with Crippen LogP contribution < -0.4 is 5.73 Å². The molecular weight excluding hydrogens is 258 g/mol. The number of nitrogens with zero attached hydrogens (tertiary/aromatic N) is 2. The second kappa shape index (κ2) is 4.56. The predicted molar refractivity (Wildman–Crippen MR) is 86.9 cm³/mol. The van der Waals surface area contributed by atoms with Crippen molar-refractivity contribution >= 4 is 27.5 Å². The van der Waals surface area contributed by atoms with Crippen molar-refractivity contribution in [1.82, 2.24) is 9.97 Å². The number of hydrogen-bond acceptors (Lipinski definition) is 3. The molecule has 3 heteroatoms. The molecule has 0 saturated carbocycles. The van der Waals surface area contributed by atoms with Gasteiger partial charge in [0.05, 0.1) is 22.4 Å². The number of fused-ring (bicyclic) bond motifs is 2. The predicted octanol–water partition coefficient (Wildman–Crippen LogP) is 4.03. The number of nitrogens with two attached hydrogens (primary N) is 1. The van der Waals surface area contributed by atoms with Crippen LogP contribution in [0.15, 0.2) is 66.9 Å². The molecule has 0 radical (unpaired) electrons. The maximum Gasteiger partial charge on any atom is 0.0931 e. The van der Waals surface area contributed by atoms with E-state index in [1.165, 1.54) is 0 Å². The lowest BCUT2D eigenvalue weighted by Crippen LogP contribution is -1.91. The molecule has 21 heavy (non-hydrogen) atoms. The molecule has 2 N–H and O–H groups in total. The number of para-hydroxylation sites is 2. The topological polar surface area (TPSA) is 51.8 Å². The van der Waals surface area contributed by atoms with Crippen LogP contribution in [0, 0.1) is 0 Å². The highest BCUT2D eigenvalue weighted by Crippen LogP contribution is 2.25. The van der Waals surface area contributed by atoms with E-state index in [1.807, 2.05) is 48.7 Å². The van der Waals surface area contributed by atoms with E-state index in [9.17, 15) is 0 Å². The second-order valence-electron chi connectivity index (χ2n) is 5.03. The summed E-state index contributed by atoms with van der Waals surface area (Å²) in [5.74, 6) is 0. The molecule has 0 spiro atoms. The first-order valence-electron chi connectivity index (χ1n) is 6.82. The normalized spacial score (nSPS) is 11.0. The number of anilines is 1. The largest absolute Gasteiger partial charge is 0.397 e. The third-order valence-electron chi connectivity index (χ3n) is 3.64. The van der Waals surface area contributed by atoms with Gasteiger partial charge in [-0.15, -0.1) is 0 Å². The zero-order valence-corrected chi connectivity index (χ0v) is 11.3. The summed E-state index contributed by atoms with van der Waals surface area (Å²) in [6.07, 6.45) is 1.83. The summed E-state index contributed by atoms with van der Waals surface area (Å²) in [4.78, 5) is 9.18. The van der Waals surface area contributed by atoms with Gasteiger partial charge in [0.25, 0.3) is 0 Å².